The largest absolute Gasteiger partial charge is 0.462 e. The van der Waals surface area contributed by atoms with Gasteiger partial charge in [-0.05, 0) is 61.7 Å². The minimum atomic E-state index is -1.18. The Balaban J connectivity index is 1.43. The number of imide groups is 1. The normalized spacial score (nSPS) is 24.0. The van der Waals surface area contributed by atoms with Crippen molar-refractivity contribution in [2.75, 3.05) is 11.5 Å². The number of esters is 1. The van der Waals surface area contributed by atoms with Crippen LogP contribution in [0, 0.1) is 17.8 Å². The van der Waals surface area contributed by atoms with Crippen LogP contribution in [0.15, 0.2) is 77.6 Å². The molecule has 3 aliphatic rings. The summed E-state index contributed by atoms with van der Waals surface area (Å²) in [4.78, 5) is 61.2. The second kappa shape index (κ2) is 9.46. The number of nitrogens with one attached hydrogen (secondary N) is 1. The standard InChI is InChI=1S/C33H30N4O5/c1-4-42-31(41)19-13-15-20(16-14-19)36-29(39)26-24(17-18(2)3)35-33(27(26)30(36)40)22-10-6-8-12-25(22)37-28(38)21-9-5-7-11-23(21)34-32(33)37/h5-16,18,24,26-27,35H,4,17H2,1-3H3/t24-,26+,27+,33+/m0/s1. The highest BCUT2D eigenvalue weighted by atomic mass is 16.5. The molecule has 0 bridgehead atoms. The summed E-state index contributed by atoms with van der Waals surface area (Å²) in [6.07, 6.45) is 0.650. The average Bonchev–Trinajstić information content (AvgIpc) is 3.56. The highest BCUT2D eigenvalue weighted by Crippen LogP contribution is 2.56. The quantitative estimate of drug-likeness (QED) is 0.290. The first-order valence-electron chi connectivity index (χ1n) is 14.3. The van der Waals surface area contributed by atoms with Crippen LogP contribution in [0.1, 0.15) is 48.9 Å². The Bertz CT molecular complexity index is 1850. The van der Waals surface area contributed by atoms with E-state index in [4.69, 9.17) is 9.72 Å². The van der Waals surface area contributed by atoms with Gasteiger partial charge in [0.1, 0.15) is 11.4 Å². The lowest BCUT2D eigenvalue weighted by molar-refractivity contribution is -0.123. The summed E-state index contributed by atoms with van der Waals surface area (Å²) in [5.74, 6) is -1.98. The first kappa shape index (κ1) is 26.3. The van der Waals surface area contributed by atoms with Crippen molar-refractivity contribution in [3.05, 3.63) is 100 Å². The van der Waals surface area contributed by atoms with Crippen molar-refractivity contribution in [2.24, 2.45) is 17.8 Å². The highest BCUT2D eigenvalue weighted by molar-refractivity contribution is 6.23. The zero-order chi connectivity index (χ0) is 29.3. The van der Waals surface area contributed by atoms with E-state index in [1.54, 1.807) is 47.9 Å². The Labute approximate surface area is 242 Å². The molecule has 0 aliphatic carbocycles. The van der Waals surface area contributed by atoms with Crippen LogP contribution >= 0.6 is 0 Å². The molecule has 4 atom stereocenters. The fourth-order valence-corrected chi connectivity index (χ4v) is 7.14. The number of ether oxygens (including phenoxy) is 1. The third kappa shape index (κ3) is 3.49. The maximum absolute atomic E-state index is 14.5. The number of benzene rings is 3. The molecule has 2 fully saturated rings. The van der Waals surface area contributed by atoms with Gasteiger partial charge < -0.3 is 4.74 Å². The number of aromatic nitrogens is 2. The van der Waals surface area contributed by atoms with Crippen molar-refractivity contribution < 1.29 is 19.1 Å². The van der Waals surface area contributed by atoms with E-state index >= 15 is 0 Å². The van der Waals surface area contributed by atoms with Crippen LogP contribution in [0.25, 0.3) is 16.6 Å². The number of carbonyl (C=O) groups is 3. The summed E-state index contributed by atoms with van der Waals surface area (Å²) in [5, 5.41) is 4.21. The first-order chi connectivity index (χ1) is 20.3. The van der Waals surface area contributed by atoms with Gasteiger partial charge in [0.25, 0.3) is 5.56 Å². The molecular formula is C33H30N4O5. The minimum Gasteiger partial charge on any atom is -0.462 e. The molecule has 2 amide bonds. The Morgan fingerprint density at radius 3 is 2.43 bits per heavy atom. The second-order valence-electron chi connectivity index (χ2n) is 11.6. The van der Waals surface area contributed by atoms with Gasteiger partial charge in [0.05, 0.1) is 46.3 Å². The van der Waals surface area contributed by atoms with E-state index < -0.39 is 23.3 Å². The van der Waals surface area contributed by atoms with Gasteiger partial charge in [0, 0.05) is 11.6 Å². The van der Waals surface area contributed by atoms with Gasteiger partial charge in [-0.2, -0.15) is 0 Å². The maximum atomic E-state index is 14.5. The van der Waals surface area contributed by atoms with Crippen LogP contribution in [-0.4, -0.2) is 40.0 Å². The Morgan fingerprint density at radius 1 is 0.976 bits per heavy atom. The predicted octanol–water partition coefficient (Wildman–Crippen LogP) is 3.94. The molecule has 1 N–H and O–H groups in total. The molecule has 0 radical (unpaired) electrons. The van der Waals surface area contributed by atoms with Crippen molar-refractivity contribution in [2.45, 2.75) is 38.8 Å². The van der Waals surface area contributed by atoms with Crippen LogP contribution in [0.4, 0.5) is 5.69 Å². The fraction of sp³-hybridized carbons (Fsp3) is 0.303. The molecule has 0 saturated carbocycles. The fourth-order valence-electron chi connectivity index (χ4n) is 7.14. The van der Waals surface area contributed by atoms with E-state index in [0.29, 0.717) is 40.1 Å². The van der Waals surface area contributed by atoms with Gasteiger partial charge in [-0.1, -0.05) is 44.2 Å². The minimum absolute atomic E-state index is 0.214. The lowest BCUT2D eigenvalue weighted by atomic mass is 9.75. The Morgan fingerprint density at radius 2 is 1.69 bits per heavy atom. The molecule has 3 aromatic carbocycles. The van der Waals surface area contributed by atoms with Gasteiger partial charge >= 0.3 is 5.97 Å². The highest BCUT2D eigenvalue weighted by Gasteiger charge is 2.69. The summed E-state index contributed by atoms with van der Waals surface area (Å²) >= 11 is 0. The molecule has 42 heavy (non-hydrogen) atoms. The third-order valence-electron chi connectivity index (χ3n) is 8.72. The predicted molar refractivity (Wildman–Crippen MR) is 156 cm³/mol. The SMILES string of the molecule is CCOC(=O)c1ccc(N2C(=O)[C@@H]3[C@H](CC(C)C)N[C@]4(c5ccccc5-n5c4nc4ccccc4c5=O)[C@H]3C2=O)cc1. The number of carbonyl (C=O) groups excluding carboxylic acids is 3. The summed E-state index contributed by atoms with van der Waals surface area (Å²) in [5.41, 5.74) is 1.28. The third-order valence-corrected chi connectivity index (χ3v) is 8.72. The van der Waals surface area contributed by atoms with Crippen molar-refractivity contribution in [3.63, 3.8) is 0 Å². The van der Waals surface area contributed by atoms with E-state index in [-0.39, 0.29) is 35.9 Å². The van der Waals surface area contributed by atoms with Crippen molar-refractivity contribution >= 4 is 34.4 Å². The molecular weight excluding hydrogens is 532 g/mol. The molecule has 1 spiro atoms. The number of amides is 2. The monoisotopic (exact) mass is 562 g/mol. The maximum Gasteiger partial charge on any atom is 0.338 e. The summed E-state index contributed by atoms with van der Waals surface area (Å²) < 4.78 is 6.69. The van der Waals surface area contributed by atoms with Crippen LogP contribution in [-0.2, 0) is 19.9 Å². The van der Waals surface area contributed by atoms with E-state index in [1.165, 1.54) is 4.90 Å². The Kier molecular flexibility index (Phi) is 5.92. The topological polar surface area (TPSA) is 111 Å². The van der Waals surface area contributed by atoms with Gasteiger partial charge in [0.2, 0.25) is 11.8 Å². The number of rotatable bonds is 5. The molecule has 4 heterocycles. The molecule has 3 aliphatic heterocycles. The van der Waals surface area contributed by atoms with E-state index in [1.807, 2.05) is 36.4 Å². The number of hydrogen-bond donors (Lipinski definition) is 1. The van der Waals surface area contributed by atoms with Gasteiger partial charge in [-0.25, -0.2) is 14.7 Å². The number of nitrogens with zero attached hydrogens (tertiary/aromatic N) is 3. The summed E-state index contributed by atoms with van der Waals surface area (Å²) in [7, 11) is 0. The van der Waals surface area contributed by atoms with E-state index in [2.05, 4.69) is 19.2 Å². The second-order valence-corrected chi connectivity index (χ2v) is 11.6. The summed E-state index contributed by atoms with van der Waals surface area (Å²) in [6, 6.07) is 20.7. The van der Waals surface area contributed by atoms with Crippen molar-refractivity contribution in [1.29, 1.82) is 0 Å². The molecule has 4 aromatic rings. The Hall–Kier alpha value is -4.63. The van der Waals surface area contributed by atoms with Crippen LogP contribution in [0.5, 0.6) is 0 Å². The van der Waals surface area contributed by atoms with Crippen molar-refractivity contribution in [3.8, 4) is 5.69 Å². The van der Waals surface area contributed by atoms with Crippen LogP contribution in [0.3, 0.4) is 0 Å². The number of para-hydroxylation sites is 2. The molecule has 212 valence electrons. The molecule has 9 heteroatoms. The van der Waals surface area contributed by atoms with Crippen LogP contribution < -0.4 is 15.8 Å². The molecule has 2 saturated heterocycles. The van der Waals surface area contributed by atoms with Gasteiger partial charge in [-0.3, -0.25) is 24.3 Å². The smallest absolute Gasteiger partial charge is 0.338 e. The molecule has 7 rings (SSSR count). The molecule has 9 nitrogen and oxygen atoms in total. The number of hydrogen-bond acceptors (Lipinski definition) is 7. The molecule has 1 aromatic heterocycles. The van der Waals surface area contributed by atoms with Crippen LogP contribution in [0.2, 0.25) is 0 Å². The lowest BCUT2D eigenvalue weighted by Crippen LogP contribution is -2.50. The van der Waals surface area contributed by atoms with E-state index in [0.717, 1.165) is 5.56 Å². The lowest BCUT2D eigenvalue weighted by Gasteiger charge is -2.32. The average molecular weight is 563 g/mol. The van der Waals surface area contributed by atoms with Gasteiger partial charge in [0.15, 0.2) is 0 Å². The number of anilines is 1. The summed E-state index contributed by atoms with van der Waals surface area (Å²) in [6.45, 7) is 6.15. The molecule has 0 unspecified atom stereocenters. The van der Waals surface area contributed by atoms with Crippen molar-refractivity contribution in [1.82, 2.24) is 14.9 Å². The van der Waals surface area contributed by atoms with E-state index in [9.17, 15) is 19.2 Å². The zero-order valence-electron chi connectivity index (χ0n) is 23.5. The first-order valence-corrected chi connectivity index (χ1v) is 14.3. The van der Waals surface area contributed by atoms with Gasteiger partial charge in [-0.15, -0.1) is 0 Å². The zero-order valence-corrected chi connectivity index (χ0v) is 23.5. The number of fused-ring (bicyclic) bond motifs is 8.